The van der Waals surface area contributed by atoms with E-state index in [4.69, 9.17) is 0 Å². The Balaban J connectivity index is 1.83. The lowest BCUT2D eigenvalue weighted by Gasteiger charge is -2.11. The number of hydrogen-bond donors (Lipinski definition) is 4. The molecule has 0 aliphatic heterocycles. The van der Waals surface area contributed by atoms with E-state index in [2.05, 4.69) is 21.5 Å². The molecule has 2 aromatic carbocycles. The van der Waals surface area contributed by atoms with Crippen LogP contribution in [-0.4, -0.2) is 23.9 Å². The zero-order valence-electron chi connectivity index (χ0n) is 15.0. The summed E-state index contributed by atoms with van der Waals surface area (Å²) < 4.78 is 12.8. The fraction of sp³-hybridized carbons (Fsp3) is 0.211. The highest BCUT2D eigenvalue weighted by molar-refractivity contribution is 5.99. The van der Waals surface area contributed by atoms with E-state index in [1.165, 1.54) is 12.1 Å². The third-order valence-corrected chi connectivity index (χ3v) is 3.48. The molecule has 27 heavy (non-hydrogen) atoms. The van der Waals surface area contributed by atoms with Crippen LogP contribution in [0.3, 0.4) is 0 Å². The molecule has 0 radical (unpaired) electrons. The smallest absolute Gasteiger partial charge is 0.315 e. The van der Waals surface area contributed by atoms with Gasteiger partial charge < -0.3 is 10.6 Å². The molecule has 8 heteroatoms. The molecule has 0 saturated heterocycles. The second-order valence-electron chi connectivity index (χ2n) is 6.09. The molecular weight excluding hydrogens is 351 g/mol. The molecule has 2 rings (SSSR count). The summed E-state index contributed by atoms with van der Waals surface area (Å²) in [5.74, 6) is -1.50. The molecule has 0 unspecified atom stereocenters. The van der Waals surface area contributed by atoms with Gasteiger partial charge in [-0.15, -0.1) is 0 Å². The van der Waals surface area contributed by atoms with E-state index in [1.807, 2.05) is 13.8 Å². The van der Waals surface area contributed by atoms with Gasteiger partial charge in [0.2, 0.25) is 0 Å². The number of halogens is 1. The van der Waals surface area contributed by atoms with Crippen LogP contribution in [0.15, 0.2) is 48.5 Å². The van der Waals surface area contributed by atoms with E-state index in [-0.39, 0.29) is 17.6 Å². The average Bonchev–Trinajstić information content (AvgIpc) is 2.64. The van der Waals surface area contributed by atoms with Crippen molar-refractivity contribution >= 4 is 17.8 Å². The summed E-state index contributed by atoms with van der Waals surface area (Å²) in [6, 6.07) is 11.3. The van der Waals surface area contributed by atoms with Gasteiger partial charge >= 0.3 is 6.03 Å². The van der Waals surface area contributed by atoms with Gasteiger partial charge in [0.05, 0.1) is 0 Å². The summed E-state index contributed by atoms with van der Waals surface area (Å²) >= 11 is 0. The highest BCUT2D eigenvalue weighted by Gasteiger charge is 2.09. The predicted octanol–water partition coefficient (Wildman–Crippen LogP) is 2.11. The molecule has 0 heterocycles. The second-order valence-corrected chi connectivity index (χ2v) is 6.09. The molecular formula is C19H21FN4O3. The Morgan fingerprint density at radius 2 is 1.33 bits per heavy atom. The van der Waals surface area contributed by atoms with Gasteiger partial charge in [-0.1, -0.05) is 12.1 Å². The van der Waals surface area contributed by atoms with Crippen molar-refractivity contribution in [2.75, 3.05) is 0 Å². The van der Waals surface area contributed by atoms with Gasteiger partial charge in [-0.05, 0) is 55.8 Å². The van der Waals surface area contributed by atoms with E-state index in [1.54, 1.807) is 24.3 Å². The normalized spacial score (nSPS) is 10.2. The van der Waals surface area contributed by atoms with Gasteiger partial charge in [0.1, 0.15) is 5.82 Å². The van der Waals surface area contributed by atoms with E-state index in [0.29, 0.717) is 12.1 Å². The van der Waals surface area contributed by atoms with E-state index in [0.717, 1.165) is 17.7 Å². The molecule has 0 aliphatic carbocycles. The molecule has 4 N–H and O–H groups in total. The Morgan fingerprint density at radius 1 is 0.852 bits per heavy atom. The van der Waals surface area contributed by atoms with Gasteiger partial charge in [-0.3, -0.25) is 20.4 Å². The fourth-order valence-corrected chi connectivity index (χ4v) is 2.13. The molecule has 0 bridgehead atoms. The minimum Gasteiger partial charge on any atom is -0.336 e. The lowest BCUT2D eigenvalue weighted by Crippen LogP contribution is -2.41. The number of carbonyl (C=O) groups excluding carboxylic acids is 3. The third-order valence-electron chi connectivity index (χ3n) is 3.48. The summed E-state index contributed by atoms with van der Waals surface area (Å²) in [6.07, 6.45) is 0. The maximum atomic E-state index is 12.8. The molecule has 0 atom stereocenters. The lowest BCUT2D eigenvalue weighted by atomic mass is 10.1. The number of nitrogens with one attached hydrogen (secondary N) is 4. The Bertz CT molecular complexity index is 805. The van der Waals surface area contributed by atoms with Gasteiger partial charge in [0.25, 0.3) is 11.8 Å². The SMILES string of the molecule is CC(C)NC(=O)NCc1ccc(C(=O)NNC(=O)c2ccc(F)cc2)cc1. The van der Waals surface area contributed by atoms with E-state index in [9.17, 15) is 18.8 Å². The molecule has 0 aromatic heterocycles. The van der Waals surface area contributed by atoms with Gasteiger partial charge in [0, 0.05) is 23.7 Å². The first-order valence-corrected chi connectivity index (χ1v) is 8.34. The maximum absolute atomic E-state index is 12.8. The minimum atomic E-state index is -0.555. The van der Waals surface area contributed by atoms with Crippen LogP contribution in [0.1, 0.15) is 40.1 Å². The average molecular weight is 372 g/mol. The number of benzene rings is 2. The second kappa shape index (κ2) is 9.33. The number of hydrazine groups is 1. The Kier molecular flexibility index (Phi) is 6.87. The summed E-state index contributed by atoms with van der Waals surface area (Å²) in [7, 11) is 0. The molecule has 0 fully saturated rings. The van der Waals surface area contributed by atoms with Gasteiger partial charge in [-0.2, -0.15) is 0 Å². The Hall–Kier alpha value is -3.42. The summed E-state index contributed by atoms with van der Waals surface area (Å²) in [5.41, 5.74) is 5.93. The van der Waals surface area contributed by atoms with Crippen molar-refractivity contribution in [3.05, 3.63) is 71.0 Å². The van der Waals surface area contributed by atoms with Crippen molar-refractivity contribution in [3.63, 3.8) is 0 Å². The minimum absolute atomic E-state index is 0.0428. The zero-order valence-corrected chi connectivity index (χ0v) is 15.0. The van der Waals surface area contributed by atoms with Crippen LogP contribution in [0.2, 0.25) is 0 Å². The first kappa shape index (κ1) is 19.9. The van der Waals surface area contributed by atoms with Crippen molar-refractivity contribution in [3.8, 4) is 0 Å². The van der Waals surface area contributed by atoms with E-state index >= 15 is 0 Å². The highest BCUT2D eigenvalue weighted by Crippen LogP contribution is 2.05. The first-order valence-electron chi connectivity index (χ1n) is 8.34. The van der Waals surface area contributed by atoms with Crippen molar-refractivity contribution in [2.45, 2.75) is 26.4 Å². The monoisotopic (exact) mass is 372 g/mol. The van der Waals surface area contributed by atoms with Crippen LogP contribution < -0.4 is 21.5 Å². The fourth-order valence-electron chi connectivity index (χ4n) is 2.13. The molecule has 0 aliphatic rings. The van der Waals surface area contributed by atoms with E-state index < -0.39 is 17.6 Å². The summed E-state index contributed by atoms with van der Waals surface area (Å²) in [6.45, 7) is 4.05. The number of urea groups is 1. The molecule has 0 spiro atoms. The lowest BCUT2D eigenvalue weighted by molar-refractivity contribution is 0.0846. The van der Waals surface area contributed by atoms with Crippen LogP contribution >= 0.6 is 0 Å². The Labute approximate surface area is 156 Å². The topological polar surface area (TPSA) is 99.3 Å². The molecule has 4 amide bonds. The highest BCUT2D eigenvalue weighted by atomic mass is 19.1. The standard InChI is InChI=1S/C19H21FN4O3/c1-12(2)22-19(27)21-11-13-3-5-14(6-4-13)17(25)23-24-18(26)15-7-9-16(20)10-8-15/h3-10,12H,11H2,1-2H3,(H,23,25)(H,24,26)(H2,21,22,27). The number of carbonyl (C=O) groups is 3. The van der Waals surface area contributed by atoms with Crippen LogP contribution in [-0.2, 0) is 6.54 Å². The van der Waals surface area contributed by atoms with Crippen LogP contribution in [0, 0.1) is 5.82 Å². The first-order chi connectivity index (χ1) is 12.8. The Morgan fingerprint density at radius 3 is 1.81 bits per heavy atom. The quantitative estimate of drug-likeness (QED) is 0.605. The van der Waals surface area contributed by atoms with Crippen LogP contribution in [0.5, 0.6) is 0 Å². The van der Waals surface area contributed by atoms with Gasteiger partial charge in [0.15, 0.2) is 0 Å². The number of amides is 4. The number of rotatable bonds is 5. The van der Waals surface area contributed by atoms with Crippen LogP contribution in [0.4, 0.5) is 9.18 Å². The zero-order chi connectivity index (χ0) is 19.8. The van der Waals surface area contributed by atoms with Gasteiger partial charge in [-0.25, -0.2) is 9.18 Å². The number of hydrogen-bond acceptors (Lipinski definition) is 3. The van der Waals surface area contributed by atoms with Crippen molar-refractivity contribution in [1.82, 2.24) is 21.5 Å². The molecule has 7 nitrogen and oxygen atoms in total. The summed E-state index contributed by atoms with van der Waals surface area (Å²) in [4.78, 5) is 35.5. The largest absolute Gasteiger partial charge is 0.336 e. The maximum Gasteiger partial charge on any atom is 0.315 e. The van der Waals surface area contributed by atoms with Crippen molar-refractivity contribution in [2.24, 2.45) is 0 Å². The van der Waals surface area contributed by atoms with Crippen molar-refractivity contribution in [1.29, 1.82) is 0 Å². The van der Waals surface area contributed by atoms with Crippen LogP contribution in [0.25, 0.3) is 0 Å². The van der Waals surface area contributed by atoms with Crippen molar-refractivity contribution < 1.29 is 18.8 Å². The molecule has 0 saturated carbocycles. The third kappa shape index (κ3) is 6.43. The summed E-state index contributed by atoms with van der Waals surface area (Å²) in [5, 5.41) is 5.42. The molecule has 2 aromatic rings. The molecule has 142 valence electrons. The predicted molar refractivity (Wildman–Crippen MR) is 98.3 cm³/mol.